The molecule has 0 aromatic carbocycles. The molecule has 0 saturated carbocycles. The van der Waals surface area contributed by atoms with Crippen molar-refractivity contribution in [1.29, 1.82) is 0 Å². The molecule has 102 valence electrons. The first kappa shape index (κ1) is 13.4. The van der Waals surface area contributed by atoms with Crippen LogP contribution in [0.3, 0.4) is 0 Å². The van der Waals surface area contributed by atoms with Crippen LogP contribution in [0, 0.1) is 6.92 Å². The minimum absolute atomic E-state index is 0.796. The van der Waals surface area contributed by atoms with Crippen LogP contribution in [0.15, 0.2) is 42.9 Å². The molecule has 3 aromatic heterocycles. The van der Waals surface area contributed by atoms with Crippen molar-refractivity contribution in [3.63, 3.8) is 0 Å². The molecule has 0 aliphatic heterocycles. The van der Waals surface area contributed by atoms with Gasteiger partial charge in [0.2, 0.25) is 0 Å². The highest BCUT2D eigenvalue weighted by molar-refractivity contribution is 7.21. The van der Waals surface area contributed by atoms with Gasteiger partial charge in [0.1, 0.15) is 5.01 Å². The molecule has 0 atom stereocenters. The van der Waals surface area contributed by atoms with Crippen LogP contribution in [0.1, 0.15) is 15.4 Å². The summed E-state index contributed by atoms with van der Waals surface area (Å²) < 4.78 is 0. The van der Waals surface area contributed by atoms with E-state index in [9.17, 15) is 0 Å². The lowest BCUT2D eigenvalue weighted by atomic mass is 10.3. The molecule has 3 heterocycles. The maximum atomic E-state index is 4.48. The van der Waals surface area contributed by atoms with Crippen LogP contribution in [-0.2, 0) is 13.1 Å². The van der Waals surface area contributed by atoms with E-state index in [0.29, 0.717) is 0 Å². The summed E-state index contributed by atoms with van der Waals surface area (Å²) in [6, 6.07) is 8.35. The zero-order valence-corrected chi connectivity index (χ0v) is 12.8. The second-order valence-corrected chi connectivity index (χ2v) is 6.90. The summed E-state index contributed by atoms with van der Waals surface area (Å²) in [7, 11) is 0. The van der Waals surface area contributed by atoms with Crippen molar-refractivity contribution in [1.82, 2.24) is 15.3 Å². The smallest absolute Gasteiger partial charge is 0.107 e. The Bertz CT molecular complexity index is 673. The van der Waals surface area contributed by atoms with Gasteiger partial charge in [-0.15, -0.1) is 22.7 Å². The van der Waals surface area contributed by atoms with Crippen molar-refractivity contribution in [2.45, 2.75) is 20.0 Å². The van der Waals surface area contributed by atoms with Crippen molar-refractivity contribution < 1.29 is 0 Å². The second-order valence-electron chi connectivity index (χ2n) is 4.49. The molecule has 0 aliphatic rings. The number of pyridine rings is 1. The topological polar surface area (TPSA) is 37.8 Å². The number of hydrogen-bond acceptors (Lipinski definition) is 5. The molecule has 1 N–H and O–H groups in total. The van der Waals surface area contributed by atoms with Crippen molar-refractivity contribution in [3.8, 4) is 9.75 Å². The molecule has 0 fully saturated rings. The van der Waals surface area contributed by atoms with Gasteiger partial charge in [0.15, 0.2) is 0 Å². The average Bonchev–Trinajstić information content (AvgIpc) is 3.09. The maximum absolute atomic E-state index is 4.48. The highest BCUT2D eigenvalue weighted by Crippen LogP contribution is 2.31. The normalized spacial score (nSPS) is 10.8. The third kappa shape index (κ3) is 3.30. The lowest BCUT2D eigenvalue weighted by molar-refractivity contribution is 0.688. The fourth-order valence-corrected chi connectivity index (χ4v) is 3.72. The monoisotopic (exact) mass is 301 g/mol. The number of aromatic nitrogens is 2. The molecule has 5 heteroatoms. The van der Waals surface area contributed by atoms with Crippen molar-refractivity contribution >= 4 is 22.7 Å². The first-order valence-electron chi connectivity index (χ1n) is 6.42. The van der Waals surface area contributed by atoms with E-state index in [4.69, 9.17) is 0 Å². The maximum Gasteiger partial charge on any atom is 0.107 e. The summed E-state index contributed by atoms with van der Waals surface area (Å²) in [6.45, 7) is 3.75. The lowest BCUT2D eigenvalue weighted by Crippen LogP contribution is -2.12. The number of hydrogen-bond donors (Lipinski definition) is 1. The molecule has 0 saturated heterocycles. The minimum Gasteiger partial charge on any atom is -0.306 e. The SMILES string of the molecule is Cc1ccc(-c2cnc(CNCc3cccnc3)s2)s1. The molecule has 3 nitrogen and oxygen atoms in total. The molecular formula is C15H15N3S2. The number of thiophene rings is 1. The van der Waals surface area contributed by atoms with Crippen LogP contribution < -0.4 is 5.32 Å². The van der Waals surface area contributed by atoms with Crippen molar-refractivity contribution in [3.05, 3.63) is 58.3 Å². The Morgan fingerprint density at radius 3 is 2.75 bits per heavy atom. The van der Waals surface area contributed by atoms with E-state index in [2.05, 4.69) is 40.4 Å². The van der Waals surface area contributed by atoms with Crippen LogP contribution >= 0.6 is 22.7 Å². The van der Waals surface area contributed by atoms with Crippen LogP contribution in [-0.4, -0.2) is 9.97 Å². The van der Waals surface area contributed by atoms with Crippen molar-refractivity contribution in [2.75, 3.05) is 0 Å². The third-order valence-electron chi connectivity index (χ3n) is 2.86. The van der Waals surface area contributed by atoms with Gasteiger partial charge in [0.05, 0.1) is 4.88 Å². The molecule has 0 aliphatic carbocycles. The van der Waals surface area contributed by atoms with Crippen LogP contribution in [0.4, 0.5) is 0 Å². The number of thiazole rings is 1. The van der Waals surface area contributed by atoms with Crippen LogP contribution in [0.25, 0.3) is 9.75 Å². The summed E-state index contributed by atoms with van der Waals surface area (Å²) in [5.74, 6) is 0. The number of nitrogens with one attached hydrogen (secondary N) is 1. The Morgan fingerprint density at radius 1 is 1.05 bits per heavy atom. The minimum atomic E-state index is 0.796. The predicted molar refractivity (Wildman–Crippen MR) is 84.9 cm³/mol. The molecule has 3 aromatic rings. The highest BCUT2D eigenvalue weighted by Gasteiger charge is 2.06. The summed E-state index contributed by atoms with van der Waals surface area (Å²) in [6.07, 6.45) is 5.64. The Hall–Kier alpha value is -1.56. The molecule has 0 spiro atoms. The van der Waals surface area contributed by atoms with Gasteiger partial charge < -0.3 is 5.32 Å². The van der Waals surface area contributed by atoms with E-state index in [0.717, 1.165) is 18.1 Å². The number of nitrogens with zero attached hydrogens (tertiary/aromatic N) is 2. The molecule has 0 unspecified atom stereocenters. The van der Waals surface area contributed by atoms with Gasteiger partial charge >= 0.3 is 0 Å². The molecule has 0 radical (unpaired) electrons. The lowest BCUT2D eigenvalue weighted by Gasteiger charge is -2.01. The van der Waals surface area contributed by atoms with Gasteiger partial charge in [0, 0.05) is 41.4 Å². The Labute approximate surface area is 126 Å². The predicted octanol–water partition coefficient (Wildman–Crippen LogP) is 3.86. The van der Waals surface area contributed by atoms with Gasteiger partial charge in [-0.05, 0) is 30.7 Å². The average molecular weight is 301 g/mol. The van der Waals surface area contributed by atoms with E-state index in [1.807, 2.05) is 29.8 Å². The Morgan fingerprint density at radius 2 is 2.00 bits per heavy atom. The van der Waals surface area contributed by atoms with Crippen LogP contribution in [0.2, 0.25) is 0 Å². The van der Waals surface area contributed by atoms with Gasteiger partial charge in [-0.25, -0.2) is 4.98 Å². The molecule has 3 rings (SSSR count). The van der Waals surface area contributed by atoms with Gasteiger partial charge in [-0.2, -0.15) is 0 Å². The van der Waals surface area contributed by atoms with Gasteiger partial charge in [-0.3, -0.25) is 4.98 Å². The molecular weight excluding hydrogens is 286 g/mol. The first-order valence-corrected chi connectivity index (χ1v) is 8.06. The third-order valence-corrected chi connectivity index (χ3v) is 5.06. The largest absolute Gasteiger partial charge is 0.306 e. The quantitative estimate of drug-likeness (QED) is 0.777. The summed E-state index contributed by atoms with van der Waals surface area (Å²) in [4.78, 5) is 12.5. The second kappa shape index (κ2) is 6.26. The Balaban J connectivity index is 1.58. The highest BCUT2D eigenvalue weighted by atomic mass is 32.1. The van der Waals surface area contributed by atoms with Crippen molar-refractivity contribution in [2.24, 2.45) is 0 Å². The zero-order chi connectivity index (χ0) is 13.8. The van der Waals surface area contributed by atoms with E-state index >= 15 is 0 Å². The summed E-state index contributed by atoms with van der Waals surface area (Å²) in [5.41, 5.74) is 1.19. The molecule has 0 amide bonds. The standard InChI is InChI=1S/C15H15N3S2/c1-11-4-5-13(19-11)14-9-18-15(20-14)10-17-8-12-3-2-6-16-7-12/h2-7,9,17H,8,10H2,1H3. The van der Waals surface area contributed by atoms with Gasteiger partial charge in [-0.1, -0.05) is 6.07 Å². The molecule has 0 bridgehead atoms. The molecule has 20 heavy (non-hydrogen) atoms. The summed E-state index contributed by atoms with van der Waals surface area (Å²) in [5, 5.41) is 4.52. The fraction of sp³-hybridized carbons (Fsp3) is 0.200. The van der Waals surface area contributed by atoms with E-state index in [1.165, 1.54) is 20.2 Å². The Kier molecular flexibility index (Phi) is 4.20. The number of rotatable bonds is 5. The zero-order valence-electron chi connectivity index (χ0n) is 11.2. The fourth-order valence-electron chi connectivity index (χ4n) is 1.89. The van der Waals surface area contributed by atoms with Gasteiger partial charge in [0.25, 0.3) is 0 Å². The van der Waals surface area contributed by atoms with Crippen LogP contribution in [0.5, 0.6) is 0 Å². The van der Waals surface area contributed by atoms with E-state index < -0.39 is 0 Å². The summed E-state index contributed by atoms with van der Waals surface area (Å²) >= 11 is 3.57. The van der Waals surface area contributed by atoms with E-state index in [-0.39, 0.29) is 0 Å². The number of aryl methyl sites for hydroxylation is 1. The van der Waals surface area contributed by atoms with E-state index in [1.54, 1.807) is 17.5 Å². The first-order chi connectivity index (χ1) is 9.81.